The molecule has 1 fully saturated rings. The molecule has 1 saturated heterocycles. The minimum atomic E-state index is 0.589. The number of hydrogen-bond acceptors (Lipinski definition) is 3. The van der Waals surface area contributed by atoms with E-state index in [1.54, 1.807) is 0 Å². The van der Waals surface area contributed by atoms with E-state index in [-0.39, 0.29) is 0 Å². The smallest absolute Gasteiger partial charge is 0.0733 e. The summed E-state index contributed by atoms with van der Waals surface area (Å²) in [7, 11) is 0. The van der Waals surface area contributed by atoms with Crippen LogP contribution in [-0.2, 0) is 0 Å². The molecule has 0 aromatic carbocycles. The lowest BCUT2D eigenvalue weighted by Crippen LogP contribution is -2.40. The molecule has 1 N–H and O–H groups in total. The average Bonchev–Trinajstić information content (AvgIpc) is 2.27. The van der Waals surface area contributed by atoms with Crippen LogP contribution in [0.4, 0.5) is 0 Å². The Hall–Kier alpha value is -0.150. The van der Waals surface area contributed by atoms with Crippen molar-refractivity contribution in [2.45, 2.75) is 18.7 Å². The third-order valence-electron chi connectivity index (χ3n) is 2.15. The van der Waals surface area contributed by atoms with Gasteiger partial charge in [0, 0.05) is 12.2 Å². The van der Waals surface area contributed by atoms with E-state index in [9.17, 15) is 0 Å². The van der Waals surface area contributed by atoms with Gasteiger partial charge in [-0.1, -0.05) is 0 Å². The predicted octanol–water partition coefficient (Wildman–Crippen LogP) is 1.22. The molecular formula is C8H14N2S. The maximum absolute atomic E-state index is 3.44. The van der Waals surface area contributed by atoms with Gasteiger partial charge in [-0.15, -0.1) is 11.8 Å². The zero-order valence-corrected chi connectivity index (χ0v) is 7.66. The monoisotopic (exact) mass is 170 g/mol. The highest BCUT2D eigenvalue weighted by atomic mass is 32.2. The summed E-state index contributed by atoms with van der Waals surface area (Å²) in [5.41, 5.74) is 1.40. The number of likely N-dealkylation sites (tertiary alicyclic amines) is 1. The molecule has 0 aliphatic carbocycles. The highest BCUT2D eigenvalue weighted by Gasteiger charge is 2.18. The SMILES string of the molecule is CC1NC(CN2CCC2)=CS1. The summed E-state index contributed by atoms with van der Waals surface area (Å²) in [6.45, 7) is 5.91. The molecule has 3 heteroatoms. The summed E-state index contributed by atoms with van der Waals surface area (Å²) in [5, 5.41) is 6.28. The molecule has 1 unspecified atom stereocenters. The van der Waals surface area contributed by atoms with E-state index in [0.717, 1.165) is 6.54 Å². The standard InChI is InChI=1S/C8H14N2S/c1-7-9-8(6-11-7)5-10-3-2-4-10/h6-7,9H,2-5H2,1H3. The largest absolute Gasteiger partial charge is 0.375 e. The third kappa shape index (κ3) is 1.71. The van der Waals surface area contributed by atoms with Crippen LogP contribution in [0, 0.1) is 0 Å². The number of nitrogens with one attached hydrogen (secondary N) is 1. The van der Waals surface area contributed by atoms with Crippen LogP contribution in [0.15, 0.2) is 11.1 Å². The molecule has 0 saturated carbocycles. The molecule has 0 bridgehead atoms. The summed E-state index contributed by atoms with van der Waals surface area (Å²) < 4.78 is 0. The molecule has 0 aromatic heterocycles. The van der Waals surface area contributed by atoms with E-state index in [0.29, 0.717) is 5.37 Å². The fourth-order valence-electron chi connectivity index (χ4n) is 1.38. The van der Waals surface area contributed by atoms with Crippen LogP contribution in [0.25, 0.3) is 0 Å². The number of nitrogens with zero attached hydrogens (tertiary/aromatic N) is 1. The zero-order valence-electron chi connectivity index (χ0n) is 6.84. The van der Waals surface area contributed by atoms with E-state index < -0.39 is 0 Å². The highest BCUT2D eigenvalue weighted by Crippen LogP contribution is 2.21. The minimum absolute atomic E-state index is 0.589. The Kier molecular flexibility index (Phi) is 2.09. The first-order chi connectivity index (χ1) is 5.34. The summed E-state index contributed by atoms with van der Waals surface area (Å²) in [6.07, 6.45) is 1.38. The molecule has 1 atom stereocenters. The van der Waals surface area contributed by atoms with Crippen molar-refractivity contribution in [3.8, 4) is 0 Å². The van der Waals surface area contributed by atoms with E-state index in [1.807, 2.05) is 11.8 Å². The van der Waals surface area contributed by atoms with Gasteiger partial charge in [-0.3, -0.25) is 4.90 Å². The molecule has 0 radical (unpaired) electrons. The van der Waals surface area contributed by atoms with Crippen molar-refractivity contribution >= 4 is 11.8 Å². The summed E-state index contributed by atoms with van der Waals surface area (Å²) in [6, 6.07) is 0. The van der Waals surface area contributed by atoms with Gasteiger partial charge in [0.1, 0.15) is 0 Å². The minimum Gasteiger partial charge on any atom is -0.375 e. The molecule has 2 rings (SSSR count). The highest BCUT2D eigenvalue weighted by molar-refractivity contribution is 8.02. The second kappa shape index (κ2) is 3.07. The van der Waals surface area contributed by atoms with Gasteiger partial charge in [0.25, 0.3) is 0 Å². The van der Waals surface area contributed by atoms with E-state index in [4.69, 9.17) is 0 Å². The molecular weight excluding hydrogens is 156 g/mol. The average molecular weight is 170 g/mol. The van der Waals surface area contributed by atoms with Crippen molar-refractivity contribution in [3.05, 3.63) is 11.1 Å². The molecule has 0 aromatic rings. The first-order valence-corrected chi connectivity index (χ1v) is 5.12. The Bertz CT molecular complexity index is 175. The number of hydrogen-bond donors (Lipinski definition) is 1. The van der Waals surface area contributed by atoms with Gasteiger partial charge in [0.15, 0.2) is 0 Å². The van der Waals surface area contributed by atoms with Gasteiger partial charge in [-0.2, -0.15) is 0 Å². The van der Waals surface area contributed by atoms with Crippen LogP contribution in [0.5, 0.6) is 0 Å². The summed E-state index contributed by atoms with van der Waals surface area (Å²) in [4.78, 5) is 2.47. The first kappa shape index (κ1) is 7.50. The second-order valence-electron chi connectivity index (χ2n) is 3.20. The van der Waals surface area contributed by atoms with Gasteiger partial charge >= 0.3 is 0 Å². The van der Waals surface area contributed by atoms with Crippen molar-refractivity contribution in [2.24, 2.45) is 0 Å². The van der Waals surface area contributed by atoms with Gasteiger partial charge in [-0.05, 0) is 31.8 Å². The fraction of sp³-hybridized carbons (Fsp3) is 0.750. The summed E-state index contributed by atoms with van der Waals surface area (Å²) in [5.74, 6) is 0. The zero-order chi connectivity index (χ0) is 7.68. The van der Waals surface area contributed by atoms with Gasteiger partial charge in [0.2, 0.25) is 0 Å². The van der Waals surface area contributed by atoms with Gasteiger partial charge < -0.3 is 5.32 Å². The van der Waals surface area contributed by atoms with E-state index in [2.05, 4.69) is 22.5 Å². The normalized spacial score (nSPS) is 31.0. The lowest BCUT2D eigenvalue weighted by Gasteiger charge is -2.31. The Balaban J connectivity index is 1.77. The Morgan fingerprint density at radius 2 is 2.55 bits per heavy atom. The van der Waals surface area contributed by atoms with Crippen LogP contribution < -0.4 is 5.32 Å². The van der Waals surface area contributed by atoms with Crippen LogP contribution in [0.1, 0.15) is 13.3 Å². The lowest BCUT2D eigenvalue weighted by molar-refractivity contribution is 0.195. The van der Waals surface area contributed by atoms with Crippen LogP contribution >= 0.6 is 11.8 Å². The molecule has 0 spiro atoms. The van der Waals surface area contributed by atoms with Gasteiger partial charge in [-0.25, -0.2) is 0 Å². The Morgan fingerprint density at radius 1 is 1.73 bits per heavy atom. The van der Waals surface area contributed by atoms with Crippen LogP contribution in [0.2, 0.25) is 0 Å². The Labute approximate surface area is 72.0 Å². The second-order valence-corrected chi connectivity index (χ2v) is 4.41. The molecule has 11 heavy (non-hydrogen) atoms. The van der Waals surface area contributed by atoms with Crippen molar-refractivity contribution in [1.82, 2.24) is 10.2 Å². The number of thioether (sulfide) groups is 1. The predicted molar refractivity (Wildman–Crippen MR) is 49.3 cm³/mol. The van der Waals surface area contributed by atoms with Crippen molar-refractivity contribution in [3.63, 3.8) is 0 Å². The van der Waals surface area contributed by atoms with E-state index >= 15 is 0 Å². The van der Waals surface area contributed by atoms with Crippen LogP contribution in [-0.4, -0.2) is 29.9 Å². The maximum Gasteiger partial charge on any atom is 0.0733 e. The number of rotatable bonds is 2. The summed E-state index contributed by atoms with van der Waals surface area (Å²) >= 11 is 1.88. The van der Waals surface area contributed by atoms with Crippen molar-refractivity contribution in [2.75, 3.05) is 19.6 Å². The van der Waals surface area contributed by atoms with Crippen molar-refractivity contribution < 1.29 is 0 Å². The molecule has 0 amide bonds. The molecule has 2 aliphatic rings. The third-order valence-corrected chi connectivity index (χ3v) is 3.09. The molecule has 2 nitrogen and oxygen atoms in total. The van der Waals surface area contributed by atoms with Gasteiger partial charge in [0.05, 0.1) is 5.37 Å². The molecule has 62 valence electrons. The van der Waals surface area contributed by atoms with Crippen LogP contribution in [0.3, 0.4) is 0 Å². The molecule has 2 heterocycles. The topological polar surface area (TPSA) is 15.3 Å². The maximum atomic E-state index is 3.44. The lowest BCUT2D eigenvalue weighted by atomic mass is 10.2. The Morgan fingerprint density at radius 3 is 3.00 bits per heavy atom. The quantitative estimate of drug-likeness (QED) is 0.670. The van der Waals surface area contributed by atoms with Crippen molar-refractivity contribution in [1.29, 1.82) is 0 Å². The fourth-order valence-corrected chi connectivity index (χ4v) is 2.11. The van der Waals surface area contributed by atoms with E-state index in [1.165, 1.54) is 25.2 Å². The molecule has 2 aliphatic heterocycles. The first-order valence-electron chi connectivity index (χ1n) is 4.18.